The van der Waals surface area contributed by atoms with Crippen LogP contribution in [0.15, 0.2) is 72.8 Å². The lowest BCUT2D eigenvalue weighted by Crippen LogP contribution is -2.41. The molecule has 0 aliphatic carbocycles. The average molecular weight is 469 g/mol. The Morgan fingerprint density at radius 3 is 2.46 bits per heavy atom. The minimum Gasteiger partial charge on any atom is -0.483 e. The molecule has 0 unspecified atom stereocenters. The largest absolute Gasteiger partial charge is 0.483 e. The number of nitrogens with zero attached hydrogens (tertiary/aromatic N) is 2. The first-order chi connectivity index (χ1) is 17.2. The summed E-state index contributed by atoms with van der Waals surface area (Å²) in [5, 5.41) is 9.06. The van der Waals surface area contributed by atoms with Gasteiger partial charge >= 0.3 is 0 Å². The monoisotopic (exact) mass is 468 g/mol. The minimum atomic E-state index is -0.0636. The highest BCUT2D eigenvalue weighted by Gasteiger charge is 2.23. The van der Waals surface area contributed by atoms with Gasteiger partial charge in [-0.05, 0) is 73.1 Å². The lowest BCUT2D eigenvalue weighted by molar-refractivity contribution is -0.134. The maximum absolute atomic E-state index is 12.9. The van der Waals surface area contributed by atoms with E-state index in [1.165, 1.54) is 5.56 Å². The molecule has 3 aromatic carbocycles. The van der Waals surface area contributed by atoms with Crippen LogP contribution in [0.4, 0.5) is 0 Å². The van der Waals surface area contributed by atoms with Gasteiger partial charge in [0.05, 0.1) is 11.6 Å². The Kier molecular flexibility index (Phi) is 8.13. The molecule has 0 N–H and O–H groups in total. The highest BCUT2D eigenvalue weighted by Crippen LogP contribution is 2.34. The predicted octanol–water partition coefficient (Wildman–Crippen LogP) is 5.01. The fraction of sp³-hybridized carbons (Fsp3) is 0.276. The number of aryl methyl sites for hydroxylation is 1. The third kappa shape index (κ3) is 6.48. The Hall–Kier alpha value is -4.11. The van der Waals surface area contributed by atoms with Crippen molar-refractivity contribution in [3.8, 4) is 28.7 Å². The number of carbonyl (C=O) groups is 2. The summed E-state index contributed by atoms with van der Waals surface area (Å²) in [6, 6.07) is 24.6. The second-order valence-electron chi connectivity index (χ2n) is 8.70. The summed E-state index contributed by atoms with van der Waals surface area (Å²) in [6.45, 7) is 1.80. The molecule has 1 fully saturated rings. The summed E-state index contributed by atoms with van der Waals surface area (Å²) < 4.78 is 10.9. The molecule has 6 heteroatoms. The first-order valence-corrected chi connectivity index (χ1v) is 11.9. The van der Waals surface area contributed by atoms with E-state index in [1.807, 2.05) is 11.0 Å². The van der Waals surface area contributed by atoms with Gasteiger partial charge in [-0.1, -0.05) is 42.5 Å². The van der Waals surface area contributed by atoms with E-state index in [0.29, 0.717) is 35.0 Å². The molecule has 35 heavy (non-hydrogen) atoms. The fourth-order valence-electron chi connectivity index (χ4n) is 4.43. The SMILES string of the molecule is N#Cc1ccc(-c2cc(OC=O)ccc2OCC(=O)N2CCC(CCc3ccccc3)CC2)cc1. The van der Waals surface area contributed by atoms with Crippen LogP contribution < -0.4 is 9.47 Å². The van der Waals surface area contributed by atoms with Gasteiger partial charge in [0.15, 0.2) is 6.61 Å². The Morgan fingerprint density at radius 1 is 1.03 bits per heavy atom. The van der Waals surface area contributed by atoms with E-state index in [9.17, 15) is 9.59 Å². The highest BCUT2D eigenvalue weighted by molar-refractivity contribution is 5.79. The summed E-state index contributed by atoms with van der Waals surface area (Å²) in [4.78, 5) is 25.5. The molecule has 0 atom stereocenters. The number of likely N-dealkylation sites (tertiary alicyclic amines) is 1. The van der Waals surface area contributed by atoms with E-state index in [0.717, 1.165) is 44.3 Å². The summed E-state index contributed by atoms with van der Waals surface area (Å²) in [5.41, 5.74) is 3.38. The van der Waals surface area contributed by atoms with Gasteiger partial charge < -0.3 is 14.4 Å². The topological polar surface area (TPSA) is 79.6 Å². The molecule has 1 saturated heterocycles. The molecule has 1 amide bonds. The van der Waals surface area contributed by atoms with Crippen molar-refractivity contribution < 1.29 is 19.1 Å². The Labute approximate surface area is 205 Å². The third-order valence-corrected chi connectivity index (χ3v) is 6.46. The van der Waals surface area contributed by atoms with Crippen molar-refractivity contribution in [2.45, 2.75) is 25.7 Å². The van der Waals surface area contributed by atoms with E-state index < -0.39 is 0 Å². The second kappa shape index (κ2) is 11.8. The van der Waals surface area contributed by atoms with Gasteiger partial charge in [-0.2, -0.15) is 5.26 Å². The van der Waals surface area contributed by atoms with Gasteiger partial charge in [0, 0.05) is 18.7 Å². The van der Waals surface area contributed by atoms with Crippen molar-refractivity contribution in [3.05, 3.63) is 83.9 Å². The van der Waals surface area contributed by atoms with E-state index in [1.54, 1.807) is 42.5 Å². The standard InChI is InChI=1S/C29H28N2O4/c30-19-24-8-10-25(11-9-24)27-18-26(35-21-32)12-13-28(27)34-20-29(33)31-16-14-23(15-17-31)7-6-22-4-2-1-3-5-22/h1-5,8-13,18,21,23H,6-7,14-17,20H2. The summed E-state index contributed by atoms with van der Waals surface area (Å²) in [5.74, 6) is 1.48. The molecule has 6 nitrogen and oxygen atoms in total. The van der Waals surface area contributed by atoms with Crippen LogP contribution in [0.3, 0.4) is 0 Å². The molecule has 1 aliphatic rings. The van der Waals surface area contributed by atoms with Crippen LogP contribution in [0.5, 0.6) is 11.5 Å². The van der Waals surface area contributed by atoms with E-state index in [-0.39, 0.29) is 12.5 Å². The van der Waals surface area contributed by atoms with Crippen molar-refractivity contribution in [2.75, 3.05) is 19.7 Å². The number of nitriles is 1. The molecule has 178 valence electrons. The van der Waals surface area contributed by atoms with Gasteiger partial charge in [0.25, 0.3) is 12.4 Å². The van der Waals surface area contributed by atoms with Crippen LogP contribution in [0.1, 0.15) is 30.4 Å². The first-order valence-electron chi connectivity index (χ1n) is 11.9. The zero-order valence-corrected chi connectivity index (χ0v) is 19.6. The molecule has 0 aromatic heterocycles. The van der Waals surface area contributed by atoms with Crippen LogP contribution in [-0.2, 0) is 16.0 Å². The van der Waals surface area contributed by atoms with E-state index in [2.05, 4.69) is 30.3 Å². The molecular formula is C29H28N2O4. The molecule has 0 radical (unpaired) electrons. The molecule has 0 saturated carbocycles. The van der Waals surface area contributed by atoms with Crippen molar-refractivity contribution in [2.24, 2.45) is 5.92 Å². The number of hydrogen-bond donors (Lipinski definition) is 0. The molecule has 4 rings (SSSR count). The number of rotatable bonds is 9. The second-order valence-corrected chi connectivity index (χ2v) is 8.70. The quantitative estimate of drug-likeness (QED) is 0.413. The third-order valence-electron chi connectivity index (χ3n) is 6.46. The Bertz CT molecular complexity index is 1180. The number of ether oxygens (including phenoxy) is 2. The van der Waals surface area contributed by atoms with Crippen molar-refractivity contribution >= 4 is 12.4 Å². The van der Waals surface area contributed by atoms with Crippen LogP contribution in [0.2, 0.25) is 0 Å². The van der Waals surface area contributed by atoms with Gasteiger partial charge in [-0.25, -0.2) is 0 Å². The predicted molar refractivity (Wildman–Crippen MR) is 133 cm³/mol. The molecular weight excluding hydrogens is 440 g/mol. The van der Waals surface area contributed by atoms with Gasteiger partial charge in [0.2, 0.25) is 0 Å². The maximum Gasteiger partial charge on any atom is 0.298 e. The molecule has 1 heterocycles. The number of amides is 1. The lowest BCUT2D eigenvalue weighted by atomic mass is 9.90. The number of piperidine rings is 1. The number of hydrogen-bond acceptors (Lipinski definition) is 5. The average Bonchev–Trinajstić information content (AvgIpc) is 2.92. The van der Waals surface area contributed by atoms with Crippen LogP contribution in [0, 0.1) is 17.2 Å². The maximum atomic E-state index is 12.9. The highest BCUT2D eigenvalue weighted by atomic mass is 16.5. The van der Waals surface area contributed by atoms with E-state index in [4.69, 9.17) is 14.7 Å². The van der Waals surface area contributed by atoms with Crippen molar-refractivity contribution in [1.82, 2.24) is 4.90 Å². The Morgan fingerprint density at radius 2 is 1.77 bits per heavy atom. The summed E-state index contributed by atoms with van der Waals surface area (Å²) in [6.07, 6.45) is 4.23. The molecule has 0 spiro atoms. The van der Waals surface area contributed by atoms with E-state index >= 15 is 0 Å². The number of benzene rings is 3. The lowest BCUT2D eigenvalue weighted by Gasteiger charge is -2.32. The molecule has 0 bridgehead atoms. The van der Waals surface area contributed by atoms with Crippen LogP contribution >= 0.6 is 0 Å². The fourth-order valence-corrected chi connectivity index (χ4v) is 4.43. The summed E-state index contributed by atoms with van der Waals surface area (Å²) >= 11 is 0. The Balaban J connectivity index is 1.34. The van der Waals surface area contributed by atoms with Crippen LogP contribution in [0.25, 0.3) is 11.1 Å². The van der Waals surface area contributed by atoms with Gasteiger partial charge in [-0.15, -0.1) is 0 Å². The molecule has 1 aliphatic heterocycles. The zero-order chi connectivity index (χ0) is 24.5. The normalized spacial score (nSPS) is 13.6. The van der Waals surface area contributed by atoms with Crippen LogP contribution in [-0.4, -0.2) is 37.0 Å². The number of carbonyl (C=O) groups excluding carboxylic acids is 2. The summed E-state index contributed by atoms with van der Waals surface area (Å²) in [7, 11) is 0. The zero-order valence-electron chi connectivity index (χ0n) is 19.6. The smallest absolute Gasteiger partial charge is 0.298 e. The minimum absolute atomic E-state index is 0.0366. The molecule has 3 aromatic rings. The van der Waals surface area contributed by atoms with Crippen molar-refractivity contribution in [3.63, 3.8) is 0 Å². The van der Waals surface area contributed by atoms with Gasteiger partial charge in [0.1, 0.15) is 11.5 Å². The van der Waals surface area contributed by atoms with Gasteiger partial charge in [-0.3, -0.25) is 9.59 Å². The van der Waals surface area contributed by atoms with Crippen molar-refractivity contribution in [1.29, 1.82) is 5.26 Å². The first kappa shape index (κ1) is 24.0.